The van der Waals surface area contributed by atoms with E-state index in [1.807, 2.05) is 18.2 Å². The first kappa shape index (κ1) is 35.9. The Morgan fingerprint density at radius 1 is 1.13 bits per heavy atom. The number of carbonyl (C=O) groups excluding carboxylic acids is 2. The number of ether oxygens (including phenoxy) is 1. The van der Waals surface area contributed by atoms with Gasteiger partial charge < -0.3 is 30.0 Å². The highest BCUT2D eigenvalue weighted by Crippen LogP contribution is 2.65. The minimum atomic E-state index is -0.459. The van der Waals surface area contributed by atoms with Crippen molar-refractivity contribution in [3.8, 4) is 0 Å². The number of aldehydes is 1. The van der Waals surface area contributed by atoms with Crippen LogP contribution in [0.4, 0.5) is 0 Å². The van der Waals surface area contributed by atoms with Gasteiger partial charge in [0, 0.05) is 17.7 Å². The van der Waals surface area contributed by atoms with E-state index in [1.54, 1.807) is 26.3 Å². The van der Waals surface area contributed by atoms with E-state index >= 15 is 0 Å². The number of hydrogen-bond acceptors (Lipinski definition) is 7. The third-order valence-electron chi connectivity index (χ3n) is 9.96. The van der Waals surface area contributed by atoms with Crippen molar-refractivity contribution < 1.29 is 23.6 Å². The third kappa shape index (κ3) is 8.69. The normalized spacial score (nSPS) is 27.0. The van der Waals surface area contributed by atoms with Crippen LogP contribution in [-0.4, -0.2) is 76.9 Å². The number of hydrogen-bond donors (Lipinski definition) is 3. The molecule has 4 unspecified atom stereocenters. The molecule has 3 aliphatic carbocycles. The molecule has 246 valence electrons. The average molecular weight is 660 g/mol. The topological polar surface area (TPSA) is 97.9 Å². The zero-order chi connectivity index (χ0) is 32.6. The summed E-state index contributed by atoms with van der Waals surface area (Å²) in [6.07, 6.45) is 6.44. The Balaban J connectivity index is 0.000000251. The fourth-order valence-corrected chi connectivity index (χ4v) is 7.47. The van der Waals surface area contributed by atoms with Gasteiger partial charge in [-0.25, -0.2) is 0 Å². The number of halogens is 2. The van der Waals surface area contributed by atoms with E-state index in [4.69, 9.17) is 37.2 Å². The predicted octanol–water partition coefficient (Wildman–Crippen LogP) is 5.39. The summed E-state index contributed by atoms with van der Waals surface area (Å²) in [6.45, 7) is 9.73. The highest BCUT2D eigenvalue weighted by Gasteiger charge is 2.68. The minimum absolute atomic E-state index is 0.0912. The molecule has 2 aromatic carbocycles. The number of methoxy groups -OCH3 is 1. The Morgan fingerprint density at radius 2 is 1.84 bits per heavy atom. The van der Waals surface area contributed by atoms with Gasteiger partial charge in [0.1, 0.15) is 6.04 Å². The predicted molar refractivity (Wildman–Crippen MR) is 181 cm³/mol. The highest BCUT2D eigenvalue weighted by atomic mass is 35.5. The second kappa shape index (κ2) is 16.2. The van der Waals surface area contributed by atoms with Crippen LogP contribution in [0.5, 0.6) is 0 Å². The van der Waals surface area contributed by atoms with Gasteiger partial charge >= 0.3 is 7.12 Å². The van der Waals surface area contributed by atoms with Gasteiger partial charge in [0.05, 0.1) is 29.3 Å². The molecule has 2 aliphatic heterocycles. The molecule has 5 fully saturated rings. The highest BCUT2D eigenvalue weighted by molar-refractivity contribution is 6.48. The van der Waals surface area contributed by atoms with Gasteiger partial charge in [0.2, 0.25) is 5.91 Å². The number of nitrogens with one attached hydrogen (secondary N) is 3. The van der Waals surface area contributed by atoms with Crippen LogP contribution in [0.15, 0.2) is 48.5 Å². The second-order valence-electron chi connectivity index (χ2n) is 13.2. The Bertz CT molecular complexity index is 1260. The van der Waals surface area contributed by atoms with Crippen molar-refractivity contribution in [2.24, 2.45) is 17.3 Å². The van der Waals surface area contributed by atoms with Crippen LogP contribution in [0.2, 0.25) is 10.0 Å². The summed E-state index contributed by atoms with van der Waals surface area (Å²) in [5.74, 6) is 0.818. The molecule has 6 atom stereocenters. The molecule has 0 spiro atoms. The molecule has 2 aromatic rings. The van der Waals surface area contributed by atoms with Crippen molar-refractivity contribution in [3.63, 3.8) is 0 Å². The van der Waals surface area contributed by atoms with E-state index in [1.165, 1.54) is 38.4 Å². The van der Waals surface area contributed by atoms with Crippen LogP contribution in [0, 0.1) is 17.3 Å². The molecule has 3 N–H and O–H groups in total. The van der Waals surface area contributed by atoms with Gasteiger partial charge in [-0.15, -0.1) is 0 Å². The first-order valence-electron chi connectivity index (χ1n) is 16.0. The molecular weight excluding hydrogens is 612 g/mol. The van der Waals surface area contributed by atoms with E-state index in [0.717, 1.165) is 12.0 Å². The van der Waals surface area contributed by atoms with Crippen LogP contribution < -0.4 is 16.0 Å². The Morgan fingerprint density at radius 3 is 2.40 bits per heavy atom. The van der Waals surface area contributed by atoms with Gasteiger partial charge in [-0.1, -0.05) is 67.4 Å². The van der Waals surface area contributed by atoms with Gasteiger partial charge in [-0.3, -0.25) is 9.59 Å². The Hall–Kier alpha value is -1.98. The fourth-order valence-electron chi connectivity index (χ4n) is 7.12. The lowest BCUT2D eigenvalue weighted by Crippen LogP contribution is -2.65. The van der Waals surface area contributed by atoms with Gasteiger partial charge in [-0.2, -0.15) is 0 Å². The molecule has 8 nitrogen and oxygen atoms in total. The van der Waals surface area contributed by atoms with Crippen LogP contribution in [0.25, 0.3) is 0 Å². The molecule has 0 radical (unpaired) electrons. The molecule has 2 saturated heterocycles. The van der Waals surface area contributed by atoms with E-state index in [-0.39, 0.29) is 29.0 Å². The minimum Gasteiger partial charge on any atom is -0.404 e. The maximum absolute atomic E-state index is 12.9. The third-order valence-corrected chi connectivity index (χ3v) is 10.5. The number of carbonyl (C=O) groups is 2. The zero-order valence-electron chi connectivity index (χ0n) is 27.1. The van der Waals surface area contributed by atoms with Crippen LogP contribution in [0.1, 0.15) is 62.4 Å². The van der Waals surface area contributed by atoms with Crippen molar-refractivity contribution in [2.45, 2.75) is 76.6 Å². The molecule has 7 rings (SSSR count). The van der Waals surface area contributed by atoms with E-state index in [0.29, 0.717) is 46.8 Å². The lowest BCUT2D eigenvalue weighted by Gasteiger charge is -2.64. The molecular formula is C34H48BCl2N3O5. The average Bonchev–Trinajstić information content (AvgIpc) is 3.73. The van der Waals surface area contributed by atoms with Crippen LogP contribution in [0.3, 0.4) is 0 Å². The lowest BCUT2D eigenvalue weighted by atomic mass is 9.43. The van der Waals surface area contributed by atoms with Crippen molar-refractivity contribution in [2.75, 3.05) is 33.9 Å². The first-order valence-corrected chi connectivity index (χ1v) is 16.7. The molecule has 2 heterocycles. The maximum atomic E-state index is 12.9. The zero-order valence-corrected chi connectivity index (χ0v) is 28.6. The summed E-state index contributed by atoms with van der Waals surface area (Å²) in [6, 6.07) is 14.5. The number of rotatable bonds is 9. The van der Waals surface area contributed by atoms with E-state index < -0.39 is 13.2 Å². The lowest BCUT2D eigenvalue weighted by molar-refractivity contribution is -0.199. The molecule has 2 bridgehead atoms. The number of likely N-dealkylation sites (N-methyl/N-ethyl adjacent to an activating group) is 1. The van der Waals surface area contributed by atoms with Crippen molar-refractivity contribution in [3.05, 3.63) is 69.7 Å². The van der Waals surface area contributed by atoms with Gasteiger partial charge in [0.15, 0.2) is 6.29 Å². The van der Waals surface area contributed by atoms with Gasteiger partial charge in [-0.05, 0) is 100 Å². The number of benzene rings is 2. The SMILES string of the molecule is C1CCNC1.CNC(COC)C(=O)NC(Cc1ccccc1)B1O[C@@H]2CC3CC(C3(C)C)[C@]2(C)O1.O=Cc1cc(Cl)ccc1Cl. The maximum Gasteiger partial charge on any atom is 0.482 e. The van der Waals surface area contributed by atoms with Crippen molar-refractivity contribution in [1.82, 2.24) is 16.0 Å². The molecule has 5 aliphatic rings. The quantitative estimate of drug-likeness (QED) is 0.245. The Labute approximate surface area is 278 Å². The number of amides is 1. The summed E-state index contributed by atoms with van der Waals surface area (Å²) < 4.78 is 18.3. The van der Waals surface area contributed by atoms with Crippen molar-refractivity contribution in [1.29, 1.82) is 0 Å². The summed E-state index contributed by atoms with van der Waals surface area (Å²) in [7, 11) is 2.91. The standard InChI is InChI=1S/C23H35BN2O4.C7H4Cl2O.C4H9N/c1-22(2)16-12-18(22)23(3)19(13-16)29-24(30-23)20(11-15-9-7-6-8-10-15)26-21(27)17(25-4)14-28-5;8-6-1-2-7(9)5(3-6)4-10;1-2-4-5-3-1/h6-10,16-20,25H,11-14H2,1-5H3,(H,26,27);1-4H;5H,1-4H2/t16?,17?,18?,19-,20?,23+;;/m1../s1. The molecule has 0 aromatic heterocycles. The monoisotopic (exact) mass is 659 g/mol. The van der Waals surface area contributed by atoms with Crippen molar-refractivity contribution >= 4 is 42.5 Å². The summed E-state index contributed by atoms with van der Waals surface area (Å²) >= 11 is 11.2. The van der Waals surface area contributed by atoms with E-state index in [2.05, 4.69) is 48.9 Å². The fraction of sp³-hybridized carbons (Fsp3) is 0.588. The summed E-state index contributed by atoms with van der Waals surface area (Å²) in [4.78, 5) is 23.2. The Kier molecular flexibility index (Phi) is 12.9. The smallest absolute Gasteiger partial charge is 0.404 e. The molecule has 45 heavy (non-hydrogen) atoms. The van der Waals surface area contributed by atoms with E-state index in [9.17, 15) is 9.59 Å². The molecule has 1 amide bonds. The first-order chi connectivity index (χ1) is 21.5. The summed E-state index contributed by atoms with van der Waals surface area (Å²) in [5.41, 5.74) is 1.57. The summed E-state index contributed by atoms with van der Waals surface area (Å²) in [5, 5.41) is 10.4. The van der Waals surface area contributed by atoms with Crippen LogP contribution in [-0.2, 0) is 25.3 Å². The van der Waals surface area contributed by atoms with Crippen LogP contribution >= 0.6 is 23.2 Å². The van der Waals surface area contributed by atoms with Gasteiger partial charge in [0.25, 0.3) is 0 Å². The largest absolute Gasteiger partial charge is 0.482 e. The molecule has 3 saturated carbocycles. The second-order valence-corrected chi connectivity index (χ2v) is 14.0. The molecule has 11 heteroatoms.